The first-order chi connectivity index (χ1) is 15.5. The summed E-state index contributed by atoms with van der Waals surface area (Å²) in [6, 6.07) is 17.1. The summed E-state index contributed by atoms with van der Waals surface area (Å²) in [5.74, 6) is -0.935. The number of hydrogen-bond acceptors (Lipinski definition) is 3. The Hall–Kier alpha value is -2.99. The van der Waals surface area contributed by atoms with Gasteiger partial charge in [-0.05, 0) is 67.6 Å². The molecule has 2 heterocycles. The fourth-order valence-electron chi connectivity index (χ4n) is 4.59. The van der Waals surface area contributed by atoms with Crippen LogP contribution in [0.3, 0.4) is 0 Å². The van der Waals surface area contributed by atoms with Crippen LogP contribution in [0.1, 0.15) is 34.5 Å². The number of amides is 1. The van der Waals surface area contributed by atoms with Gasteiger partial charge in [0.05, 0.1) is 6.26 Å². The Morgan fingerprint density at radius 1 is 1.09 bits per heavy atom. The summed E-state index contributed by atoms with van der Waals surface area (Å²) < 4.78 is 33.2. The number of piperidine rings is 1. The van der Waals surface area contributed by atoms with Gasteiger partial charge < -0.3 is 9.32 Å². The molecular weight excluding hydrogens is 410 g/mol. The predicted octanol–water partition coefficient (Wildman–Crippen LogP) is 5.15. The molecule has 0 spiro atoms. The van der Waals surface area contributed by atoms with Crippen molar-refractivity contribution in [1.29, 1.82) is 0 Å². The number of likely N-dealkylation sites (N-methyl/N-ethyl adjacent to an activating group) is 1. The Morgan fingerprint density at radius 2 is 1.84 bits per heavy atom. The van der Waals surface area contributed by atoms with E-state index in [2.05, 4.69) is 17.0 Å². The molecule has 168 valence electrons. The monoisotopic (exact) mass is 438 g/mol. The topological polar surface area (TPSA) is 36.7 Å². The zero-order chi connectivity index (χ0) is 22.5. The van der Waals surface area contributed by atoms with Gasteiger partial charge in [-0.2, -0.15) is 0 Å². The molecule has 32 heavy (non-hydrogen) atoms. The maximum Gasteiger partial charge on any atom is 0.289 e. The Morgan fingerprint density at radius 3 is 2.50 bits per heavy atom. The molecule has 0 saturated carbocycles. The van der Waals surface area contributed by atoms with Crippen molar-refractivity contribution in [2.75, 3.05) is 20.1 Å². The normalized spacial score (nSPS) is 16.1. The number of benzene rings is 2. The molecule has 2 aromatic carbocycles. The minimum Gasteiger partial charge on any atom is -0.459 e. The molecule has 1 aromatic heterocycles. The summed E-state index contributed by atoms with van der Waals surface area (Å²) in [5.41, 5.74) is 1.70. The van der Waals surface area contributed by atoms with E-state index in [-0.39, 0.29) is 23.6 Å². The number of nitrogens with zero attached hydrogens (tertiary/aromatic N) is 2. The zero-order valence-corrected chi connectivity index (χ0v) is 18.2. The van der Waals surface area contributed by atoms with Crippen LogP contribution in [0.15, 0.2) is 71.3 Å². The maximum absolute atomic E-state index is 14.5. The first kappa shape index (κ1) is 22.2. The van der Waals surface area contributed by atoms with Crippen LogP contribution in [0.2, 0.25) is 0 Å². The van der Waals surface area contributed by atoms with Gasteiger partial charge in [0.15, 0.2) is 5.76 Å². The van der Waals surface area contributed by atoms with Crippen molar-refractivity contribution in [2.45, 2.75) is 31.8 Å². The van der Waals surface area contributed by atoms with Crippen molar-refractivity contribution in [3.8, 4) is 0 Å². The number of halogens is 2. The van der Waals surface area contributed by atoms with Crippen molar-refractivity contribution >= 4 is 5.91 Å². The summed E-state index contributed by atoms with van der Waals surface area (Å²) >= 11 is 0. The number of hydrogen-bond donors (Lipinski definition) is 0. The van der Waals surface area contributed by atoms with Gasteiger partial charge >= 0.3 is 0 Å². The lowest BCUT2D eigenvalue weighted by atomic mass is 9.84. The van der Waals surface area contributed by atoms with Gasteiger partial charge in [-0.25, -0.2) is 8.78 Å². The van der Waals surface area contributed by atoms with Crippen LogP contribution >= 0.6 is 0 Å². The van der Waals surface area contributed by atoms with Crippen molar-refractivity contribution < 1.29 is 18.0 Å². The summed E-state index contributed by atoms with van der Waals surface area (Å²) in [7, 11) is 1.74. The highest BCUT2D eigenvalue weighted by molar-refractivity contribution is 5.91. The van der Waals surface area contributed by atoms with E-state index >= 15 is 0 Å². The molecular formula is C26H28F2N2O2. The van der Waals surface area contributed by atoms with Gasteiger partial charge in [0, 0.05) is 25.7 Å². The van der Waals surface area contributed by atoms with Gasteiger partial charge in [0.2, 0.25) is 0 Å². The second-order valence-corrected chi connectivity index (χ2v) is 8.50. The highest BCUT2D eigenvalue weighted by Gasteiger charge is 2.33. The lowest BCUT2D eigenvalue weighted by Crippen LogP contribution is -2.47. The smallest absolute Gasteiger partial charge is 0.289 e. The Balaban J connectivity index is 1.49. The third kappa shape index (κ3) is 5.25. The van der Waals surface area contributed by atoms with Crippen LogP contribution in [0.25, 0.3) is 0 Å². The van der Waals surface area contributed by atoms with Crippen molar-refractivity contribution in [2.24, 2.45) is 5.92 Å². The molecule has 0 N–H and O–H groups in total. The van der Waals surface area contributed by atoms with E-state index in [9.17, 15) is 13.6 Å². The highest BCUT2D eigenvalue weighted by atomic mass is 19.1. The zero-order valence-electron chi connectivity index (χ0n) is 18.2. The molecule has 3 aromatic rings. The highest BCUT2D eigenvalue weighted by Crippen LogP contribution is 2.29. The predicted molar refractivity (Wildman–Crippen MR) is 119 cm³/mol. The van der Waals surface area contributed by atoms with E-state index in [1.54, 1.807) is 24.1 Å². The molecule has 6 heteroatoms. The molecule has 0 aliphatic carbocycles. The molecule has 1 atom stereocenters. The number of likely N-dealkylation sites (tertiary alicyclic amines) is 1. The Kier molecular flexibility index (Phi) is 7.00. The third-order valence-electron chi connectivity index (χ3n) is 6.42. The van der Waals surface area contributed by atoms with Crippen LogP contribution in [0.4, 0.5) is 8.78 Å². The molecule has 1 amide bonds. The average molecular weight is 439 g/mol. The maximum atomic E-state index is 14.5. The molecule has 4 nitrogen and oxygen atoms in total. The van der Waals surface area contributed by atoms with Crippen LogP contribution in [-0.4, -0.2) is 41.9 Å². The quantitative estimate of drug-likeness (QED) is 0.512. The standard InChI is InChI=1S/C26H28F2N2O2/c1-29(26(31)25-8-5-15-32-25)24(16-21-9-10-22(27)17-23(21)28)20-11-13-30(14-12-20)18-19-6-3-2-4-7-19/h2-10,15,17,20,24H,11-14,16,18H2,1H3/t24-/m1/s1. The van der Waals surface area contributed by atoms with Crippen molar-refractivity contribution in [3.63, 3.8) is 0 Å². The van der Waals surface area contributed by atoms with Crippen LogP contribution in [0, 0.1) is 17.6 Å². The van der Waals surface area contributed by atoms with E-state index in [0.717, 1.165) is 38.5 Å². The SMILES string of the molecule is CN(C(=O)c1ccco1)[C@H](Cc1ccc(F)cc1F)C1CCN(Cc2ccccc2)CC1. The van der Waals surface area contributed by atoms with Crippen LogP contribution in [-0.2, 0) is 13.0 Å². The van der Waals surface area contributed by atoms with Gasteiger partial charge in [0.1, 0.15) is 11.6 Å². The van der Waals surface area contributed by atoms with Gasteiger partial charge in [-0.1, -0.05) is 36.4 Å². The summed E-state index contributed by atoms with van der Waals surface area (Å²) in [5, 5.41) is 0. The van der Waals surface area contributed by atoms with Crippen molar-refractivity contribution in [1.82, 2.24) is 9.80 Å². The van der Waals surface area contributed by atoms with E-state index in [0.29, 0.717) is 12.0 Å². The lowest BCUT2D eigenvalue weighted by Gasteiger charge is -2.40. The second-order valence-electron chi connectivity index (χ2n) is 8.50. The second kappa shape index (κ2) is 10.1. The minimum absolute atomic E-state index is 0.204. The van der Waals surface area contributed by atoms with Crippen molar-refractivity contribution in [3.05, 3.63) is 95.4 Å². The van der Waals surface area contributed by atoms with E-state index in [1.165, 1.54) is 24.0 Å². The molecule has 0 unspecified atom stereocenters. The molecule has 1 aliphatic rings. The summed E-state index contributed by atoms with van der Waals surface area (Å²) in [4.78, 5) is 17.1. The van der Waals surface area contributed by atoms with E-state index in [1.807, 2.05) is 18.2 Å². The van der Waals surface area contributed by atoms with Crippen LogP contribution in [0.5, 0.6) is 0 Å². The van der Waals surface area contributed by atoms with Gasteiger partial charge in [0.25, 0.3) is 5.91 Å². The van der Waals surface area contributed by atoms with Crippen LogP contribution < -0.4 is 0 Å². The summed E-state index contributed by atoms with van der Waals surface area (Å²) in [6.07, 6.45) is 3.60. The molecule has 4 rings (SSSR count). The first-order valence-corrected chi connectivity index (χ1v) is 11.0. The molecule has 1 fully saturated rings. The fourth-order valence-corrected chi connectivity index (χ4v) is 4.59. The number of rotatable bonds is 7. The average Bonchev–Trinajstić information content (AvgIpc) is 3.34. The Labute approximate surface area is 187 Å². The summed E-state index contributed by atoms with van der Waals surface area (Å²) in [6.45, 7) is 2.71. The lowest BCUT2D eigenvalue weighted by molar-refractivity contribution is 0.0554. The first-order valence-electron chi connectivity index (χ1n) is 11.0. The third-order valence-corrected chi connectivity index (χ3v) is 6.42. The largest absolute Gasteiger partial charge is 0.459 e. The Bertz CT molecular complexity index is 1020. The molecule has 1 aliphatic heterocycles. The van der Waals surface area contributed by atoms with Gasteiger partial charge in [-0.3, -0.25) is 9.69 Å². The van der Waals surface area contributed by atoms with E-state index in [4.69, 9.17) is 4.42 Å². The minimum atomic E-state index is -0.600. The molecule has 0 radical (unpaired) electrons. The van der Waals surface area contributed by atoms with Gasteiger partial charge in [-0.15, -0.1) is 0 Å². The molecule has 0 bridgehead atoms. The number of carbonyl (C=O) groups excluding carboxylic acids is 1. The molecule has 1 saturated heterocycles. The number of furan rings is 1. The number of carbonyl (C=O) groups is 1. The fraction of sp³-hybridized carbons (Fsp3) is 0.346. The van der Waals surface area contributed by atoms with E-state index < -0.39 is 11.6 Å².